The molecule has 1 aliphatic carbocycles. The van der Waals surface area contributed by atoms with Crippen molar-refractivity contribution in [2.45, 2.75) is 25.3 Å². The molecular weight excluding hydrogens is 300 g/mol. The minimum atomic E-state index is 0.453. The first kappa shape index (κ1) is 14.7. The predicted molar refractivity (Wildman–Crippen MR) is 96.0 cm³/mol. The van der Waals surface area contributed by atoms with Crippen LogP contribution in [-0.4, -0.2) is 19.5 Å². The molecule has 3 aromatic rings. The van der Waals surface area contributed by atoms with E-state index in [1.807, 2.05) is 18.2 Å². The van der Waals surface area contributed by atoms with E-state index >= 15 is 0 Å². The molecule has 24 heavy (non-hydrogen) atoms. The summed E-state index contributed by atoms with van der Waals surface area (Å²) in [6, 6.07) is 6.32. The summed E-state index contributed by atoms with van der Waals surface area (Å²) < 4.78 is 2.24. The lowest BCUT2D eigenvalue weighted by Crippen LogP contribution is -2.05. The maximum atomic E-state index is 5.93. The first-order valence-electron chi connectivity index (χ1n) is 8.17. The Morgan fingerprint density at radius 1 is 1.12 bits per heavy atom. The van der Waals surface area contributed by atoms with Crippen molar-refractivity contribution in [2.24, 2.45) is 5.92 Å². The Hall–Kier alpha value is -2.89. The molecule has 0 radical (unpaired) electrons. The monoisotopic (exact) mass is 320 g/mol. The molecule has 0 bridgehead atoms. The van der Waals surface area contributed by atoms with E-state index in [-0.39, 0.29) is 0 Å². The number of hydrogen-bond acceptors (Lipinski definition) is 5. The van der Waals surface area contributed by atoms with E-state index in [1.54, 1.807) is 6.20 Å². The maximum Gasteiger partial charge on any atom is 0.145 e. The SMILES string of the molecule is Nc1cc(/C=C/C2CCC(n3ccc4c(N)ncnc43)C2)ccn1. The number of fused-ring (bicyclic) bond motifs is 1. The van der Waals surface area contributed by atoms with Gasteiger partial charge in [-0.3, -0.25) is 0 Å². The molecule has 3 heterocycles. The molecule has 1 fully saturated rings. The Morgan fingerprint density at radius 3 is 2.92 bits per heavy atom. The number of nitrogens with zero attached hydrogens (tertiary/aromatic N) is 4. The molecule has 0 spiro atoms. The van der Waals surface area contributed by atoms with Crippen LogP contribution >= 0.6 is 0 Å². The molecule has 4 N–H and O–H groups in total. The van der Waals surface area contributed by atoms with Crippen LogP contribution < -0.4 is 11.5 Å². The molecule has 2 unspecified atom stereocenters. The summed E-state index contributed by atoms with van der Waals surface area (Å²) in [5.74, 6) is 1.65. The van der Waals surface area contributed by atoms with Gasteiger partial charge in [0.25, 0.3) is 0 Å². The molecule has 3 aromatic heterocycles. The quantitative estimate of drug-likeness (QED) is 0.773. The van der Waals surface area contributed by atoms with E-state index in [2.05, 4.69) is 37.9 Å². The second kappa shape index (κ2) is 5.96. The van der Waals surface area contributed by atoms with Crippen molar-refractivity contribution in [3.05, 3.63) is 48.6 Å². The van der Waals surface area contributed by atoms with E-state index in [1.165, 1.54) is 12.7 Å². The lowest BCUT2D eigenvalue weighted by molar-refractivity contribution is 0.518. The van der Waals surface area contributed by atoms with Crippen LogP contribution in [0.25, 0.3) is 17.1 Å². The van der Waals surface area contributed by atoms with Gasteiger partial charge in [0.15, 0.2) is 0 Å². The van der Waals surface area contributed by atoms with Crippen LogP contribution in [0.4, 0.5) is 11.6 Å². The number of rotatable bonds is 3. The van der Waals surface area contributed by atoms with Crippen molar-refractivity contribution in [3.63, 3.8) is 0 Å². The van der Waals surface area contributed by atoms with Gasteiger partial charge in [0.05, 0.1) is 5.39 Å². The molecule has 6 heteroatoms. The number of nitrogens with two attached hydrogens (primary N) is 2. The molecule has 0 aliphatic heterocycles. The maximum absolute atomic E-state index is 5.93. The largest absolute Gasteiger partial charge is 0.384 e. The van der Waals surface area contributed by atoms with Gasteiger partial charge >= 0.3 is 0 Å². The van der Waals surface area contributed by atoms with Gasteiger partial charge in [0.1, 0.15) is 23.6 Å². The molecule has 1 aliphatic rings. The summed E-state index contributed by atoms with van der Waals surface area (Å²) in [6.07, 6.45) is 13.2. The zero-order valence-corrected chi connectivity index (χ0v) is 13.3. The zero-order valence-electron chi connectivity index (χ0n) is 13.3. The van der Waals surface area contributed by atoms with Crippen LogP contribution in [0.2, 0.25) is 0 Å². The van der Waals surface area contributed by atoms with Crippen molar-refractivity contribution < 1.29 is 0 Å². The summed E-state index contributed by atoms with van der Waals surface area (Å²) in [5, 5.41) is 0.934. The fourth-order valence-electron chi connectivity index (χ4n) is 3.52. The van der Waals surface area contributed by atoms with E-state index in [0.717, 1.165) is 29.4 Å². The van der Waals surface area contributed by atoms with Crippen LogP contribution in [-0.2, 0) is 0 Å². The van der Waals surface area contributed by atoms with Crippen LogP contribution in [0, 0.1) is 5.92 Å². The first-order chi connectivity index (χ1) is 11.7. The summed E-state index contributed by atoms with van der Waals surface area (Å²) in [4.78, 5) is 12.5. The van der Waals surface area contributed by atoms with Crippen LogP contribution in [0.15, 0.2) is 43.0 Å². The number of pyridine rings is 1. The van der Waals surface area contributed by atoms with E-state index in [4.69, 9.17) is 11.5 Å². The second-order valence-electron chi connectivity index (χ2n) is 6.32. The average molecular weight is 320 g/mol. The Morgan fingerprint density at radius 2 is 2.04 bits per heavy atom. The third-order valence-corrected chi connectivity index (χ3v) is 4.74. The Bertz CT molecular complexity index is 897. The van der Waals surface area contributed by atoms with Gasteiger partial charge in [-0.2, -0.15) is 0 Å². The van der Waals surface area contributed by atoms with Gasteiger partial charge in [0, 0.05) is 18.4 Å². The smallest absolute Gasteiger partial charge is 0.145 e. The molecule has 122 valence electrons. The van der Waals surface area contributed by atoms with Crippen LogP contribution in [0.3, 0.4) is 0 Å². The second-order valence-corrected chi connectivity index (χ2v) is 6.32. The zero-order chi connectivity index (χ0) is 16.5. The third kappa shape index (κ3) is 2.71. The predicted octanol–water partition coefficient (Wildman–Crippen LogP) is 3.05. The molecule has 0 saturated heterocycles. The normalized spacial score (nSPS) is 21.0. The molecule has 6 nitrogen and oxygen atoms in total. The minimum absolute atomic E-state index is 0.453. The van der Waals surface area contributed by atoms with E-state index in [9.17, 15) is 0 Å². The van der Waals surface area contributed by atoms with Crippen LogP contribution in [0.1, 0.15) is 30.9 Å². The molecule has 2 atom stereocenters. The average Bonchev–Trinajstić information content (AvgIpc) is 3.20. The summed E-state index contributed by atoms with van der Waals surface area (Å²) in [6.45, 7) is 0. The summed E-state index contributed by atoms with van der Waals surface area (Å²) in [7, 11) is 0. The highest BCUT2D eigenvalue weighted by Gasteiger charge is 2.25. The highest BCUT2D eigenvalue weighted by molar-refractivity contribution is 5.86. The fourth-order valence-corrected chi connectivity index (χ4v) is 3.52. The van der Waals surface area contributed by atoms with Gasteiger partial charge in [-0.25, -0.2) is 15.0 Å². The number of allylic oxidation sites excluding steroid dienone is 1. The summed E-state index contributed by atoms with van der Waals surface area (Å²) in [5.41, 5.74) is 13.7. The molecule has 1 saturated carbocycles. The lowest BCUT2D eigenvalue weighted by Gasteiger charge is -2.13. The lowest BCUT2D eigenvalue weighted by atomic mass is 10.1. The number of aromatic nitrogens is 4. The first-order valence-corrected chi connectivity index (χ1v) is 8.17. The molecule has 0 amide bonds. The molecule has 4 rings (SSSR count). The Labute approximate surface area is 140 Å². The number of anilines is 2. The Kier molecular flexibility index (Phi) is 3.65. The van der Waals surface area contributed by atoms with Gasteiger partial charge in [-0.1, -0.05) is 12.2 Å². The third-order valence-electron chi connectivity index (χ3n) is 4.74. The minimum Gasteiger partial charge on any atom is -0.384 e. The molecule has 0 aromatic carbocycles. The van der Waals surface area contributed by atoms with E-state index in [0.29, 0.717) is 23.6 Å². The fraction of sp³-hybridized carbons (Fsp3) is 0.278. The number of hydrogen-bond donors (Lipinski definition) is 2. The highest BCUT2D eigenvalue weighted by atomic mass is 15.1. The van der Waals surface area contributed by atoms with Crippen molar-refractivity contribution >= 4 is 28.7 Å². The Balaban J connectivity index is 1.51. The molecular formula is C18H20N6. The highest BCUT2D eigenvalue weighted by Crippen LogP contribution is 2.37. The number of nitrogen functional groups attached to an aromatic ring is 2. The van der Waals surface area contributed by atoms with Gasteiger partial charge in [0.2, 0.25) is 0 Å². The summed E-state index contributed by atoms with van der Waals surface area (Å²) >= 11 is 0. The van der Waals surface area contributed by atoms with Crippen molar-refractivity contribution in [2.75, 3.05) is 11.5 Å². The van der Waals surface area contributed by atoms with Gasteiger partial charge in [-0.05, 0) is 48.9 Å². The topological polar surface area (TPSA) is 95.6 Å². The van der Waals surface area contributed by atoms with Crippen molar-refractivity contribution in [1.29, 1.82) is 0 Å². The van der Waals surface area contributed by atoms with Gasteiger partial charge in [-0.15, -0.1) is 0 Å². The van der Waals surface area contributed by atoms with Gasteiger partial charge < -0.3 is 16.0 Å². The van der Waals surface area contributed by atoms with Crippen molar-refractivity contribution in [3.8, 4) is 0 Å². The van der Waals surface area contributed by atoms with Crippen LogP contribution in [0.5, 0.6) is 0 Å². The van der Waals surface area contributed by atoms with Crippen molar-refractivity contribution in [1.82, 2.24) is 19.5 Å². The standard InChI is InChI=1S/C18H20N6/c19-16-10-13(5-7-21-16)2-1-12-3-4-14(9-12)24-8-6-15-17(20)22-11-23-18(15)24/h1-2,5-8,10-12,14H,3-4,9H2,(H2,19,21)(H2,20,22,23)/b2-1+. The van der Waals surface area contributed by atoms with E-state index < -0.39 is 0 Å².